The number of carbonyl (C=O) groups is 3. The summed E-state index contributed by atoms with van der Waals surface area (Å²) >= 11 is 0. The van der Waals surface area contributed by atoms with Crippen molar-refractivity contribution in [1.82, 2.24) is 15.1 Å². The molecule has 1 saturated heterocycles. The monoisotopic (exact) mass is 588 g/mol. The Hall–Kier alpha value is -4.44. The zero-order valence-electron chi connectivity index (χ0n) is 25.4. The zero-order valence-corrected chi connectivity index (χ0v) is 25.4. The first-order valence-corrected chi connectivity index (χ1v) is 15.9. The van der Waals surface area contributed by atoms with Crippen LogP contribution in [0.3, 0.4) is 0 Å². The molecule has 1 unspecified atom stereocenters. The summed E-state index contributed by atoms with van der Waals surface area (Å²) < 4.78 is 0. The summed E-state index contributed by atoms with van der Waals surface area (Å²) in [5.74, 6) is -0.207. The lowest BCUT2D eigenvalue weighted by Crippen LogP contribution is -2.67. The van der Waals surface area contributed by atoms with E-state index in [0.29, 0.717) is 49.5 Å². The topological polar surface area (TPSA) is 74.1 Å². The molecule has 0 aromatic heterocycles. The fraction of sp³-hybridized carbons (Fsp3) is 0.405. The van der Waals surface area contributed by atoms with Gasteiger partial charge in [0.25, 0.3) is 0 Å². The van der Waals surface area contributed by atoms with Crippen molar-refractivity contribution in [1.29, 1.82) is 0 Å². The number of piperazine rings is 1. The Kier molecular flexibility index (Phi) is 8.79. The summed E-state index contributed by atoms with van der Waals surface area (Å²) in [6.45, 7) is 10.3. The number of amides is 3. The highest BCUT2D eigenvalue weighted by Gasteiger charge is 2.51. The van der Waals surface area contributed by atoms with Crippen molar-refractivity contribution in [3.05, 3.63) is 112 Å². The van der Waals surface area contributed by atoms with E-state index in [9.17, 15) is 14.4 Å². The summed E-state index contributed by atoms with van der Waals surface area (Å²) in [6, 6.07) is 20.8. The molecule has 0 bridgehead atoms. The number of aryl methyl sites for hydroxylation is 1. The molecule has 3 amide bonds. The second kappa shape index (κ2) is 13.1. The second-order valence-electron chi connectivity index (χ2n) is 12.6. The maximum Gasteiger partial charge on any atom is 0.247 e. The van der Waals surface area contributed by atoms with Gasteiger partial charge in [-0.25, -0.2) is 4.85 Å². The van der Waals surface area contributed by atoms with Crippen molar-refractivity contribution in [2.75, 3.05) is 6.54 Å². The van der Waals surface area contributed by atoms with E-state index in [-0.39, 0.29) is 17.7 Å². The van der Waals surface area contributed by atoms with E-state index in [4.69, 9.17) is 6.57 Å². The first kappa shape index (κ1) is 29.6. The van der Waals surface area contributed by atoms with Crippen molar-refractivity contribution in [3.63, 3.8) is 0 Å². The van der Waals surface area contributed by atoms with Crippen LogP contribution >= 0.6 is 0 Å². The highest BCUT2D eigenvalue weighted by molar-refractivity contribution is 6.00. The third-order valence-corrected chi connectivity index (χ3v) is 9.67. The Bertz CT molecular complexity index is 1550. The molecule has 3 aromatic rings. The summed E-state index contributed by atoms with van der Waals surface area (Å²) in [5, 5.41) is 3.10. The van der Waals surface area contributed by atoms with Crippen LogP contribution in [0, 0.1) is 19.4 Å². The quantitative estimate of drug-likeness (QED) is 0.324. The molecule has 226 valence electrons. The predicted octanol–water partition coefficient (Wildman–Crippen LogP) is 6.08. The van der Waals surface area contributed by atoms with Gasteiger partial charge in [-0.2, -0.15) is 0 Å². The molecule has 44 heavy (non-hydrogen) atoms. The molecule has 0 radical (unpaired) electrons. The minimum atomic E-state index is -0.975. The number of hydrogen-bond acceptors (Lipinski definition) is 3. The molecule has 1 saturated carbocycles. The highest BCUT2D eigenvalue weighted by Crippen LogP contribution is 2.39. The van der Waals surface area contributed by atoms with Gasteiger partial charge in [0.15, 0.2) is 5.69 Å². The van der Waals surface area contributed by atoms with E-state index < -0.39 is 18.1 Å². The van der Waals surface area contributed by atoms with Crippen molar-refractivity contribution >= 4 is 23.4 Å². The molecule has 1 N–H and O–H groups in total. The Morgan fingerprint density at radius 3 is 2.34 bits per heavy atom. The smallest absolute Gasteiger partial charge is 0.247 e. The van der Waals surface area contributed by atoms with Gasteiger partial charge in [0, 0.05) is 19.5 Å². The van der Waals surface area contributed by atoms with Crippen molar-refractivity contribution in [3.8, 4) is 0 Å². The predicted molar refractivity (Wildman–Crippen MR) is 170 cm³/mol. The molecule has 0 spiro atoms. The Labute approximate surface area is 260 Å². The van der Waals surface area contributed by atoms with E-state index in [1.807, 2.05) is 31.2 Å². The summed E-state index contributed by atoms with van der Waals surface area (Å²) in [5.41, 5.74) is 5.52. The van der Waals surface area contributed by atoms with E-state index >= 15 is 0 Å². The number of rotatable bonds is 8. The van der Waals surface area contributed by atoms with Gasteiger partial charge in [-0.05, 0) is 47.9 Å². The van der Waals surface area contributed by atoms with E-state index in [1.165, 1.54) is 12.0 Å². The minimum absolute atomic E-state index is 0.0649. The van der Waals surface area contributed by atoms with Gasteiger partial charge in [0.1, 0.15) is 18.1 Å². The number of hydrogen-bond donors (Lipinski definition) is 1. The van der Waals surface area contributed by atoms with Crippen LogP contribution < -0.4 is 5.32 Å². The zero-order chi connectivity index (χ0) is 30.6. The number of nitrogens with one attached hydrogen (secondary N) is 1. The highest BCUT2D eigenvalue weighted by atomic mass is 16.2. The third kappa shape index (κ3) is 6.12. The molecular formula is C37H40N4O3. The molecule has 2 aliphatic heterocycles. The average molecular weight is 589 g/mol. The van der Waals surface area contributed by atoms with E-state index in [2.05, 4.69) is 34.4 Å². The van der Waals surface area contributed by atoms with Crippen LogP contribution in [0.5, 0.6) is 0 Å². The molecule has 3 aromatic carbocycles. The van der Waals surface area contributed by atoms with Gasteiger partial charge in [-0.3, -0.25) is 14.4 Å². The van der Waals surface area contributed by atoms with Gasteiger partial charge in [-0.1, -0.05) is 110 Å². The summed E-state index contributed by atoms with van der Waals surface area (Å²) in [6.07, 6.45) is 7.16. The number of carbonyl (C=O) groups excluding carboxylic acids is 3. The second-order valence-corrected chi connectivity index (χ2v) is 12.6. The van der Waals surface area contributed by atoms with Crippen molar-refractivity contribution in [2.24, 2.45) is 5.92 Å². The molecule has 3 aliphatic rings. The maximum absolute atomic E-state index is 14.6. The van der Waals surface area contributed by atoms with Gasteiger partial charge in [-0.15, -0.1) is 0 Å². The molecule has 7 nitrogen and oxygen atoms in total. The largest absolute Gasteiger partial charge is 0.354 e. The Morgan fingerprint density at radius 2 is 1.64 bits per heavy atom. The van der Waals surface area contributed by atoms with Crippen LogP contribution in [0.25, 0.3) is 4.85 Å². The molecule has 1 aliphatic carbocycles. The minimum Gasteiger partial charge on any atom is -0.354 e. The van der Waals surface area contributed by atoms with Crippen LogP contribution in [0.1, 0.15) is 72.4 Å². The maximum atomic E-state index is 14.6. The number of fused-ring (bicyclic) bond motifs is 2. The van der Waals surface area contributed by atoms with E-state index in [1.54, 1.807) is 34.1 Å². The number of nitrogens with zero attached hydrogens (tertiary/aromatic N) is 3. The third-order valence-electron chi connectivity index (χ3n) is 9.67. The molecule has 2 fully saturated rings. The lowest BCUT2D eigenvalue weighted by atomic mass is 9.81. The first-order valence-electron chi connectivity index (χ1n) is 15.9. The van der Waals surface area contributed by atoms with Gasteiger partial charge in [0.05, 0.1) is 6.57 Å². The van der Waals surface area contributed by atoms with Crippen molar-refractivity contribution < 1.29 is 14.4 Å². The molecule has 2 heterocycles. The standard InChI is InChI=1S/C37H40N4O3/c1-25-12-14-26(15-13-25)20-21-39-35(42)34(28-16-18-31(38-2)19-17-28)41-33(22-27-8-4-3-5-9-27)36(43)40-24-30-11-7-6-10-29(30)23-32(40)37(41)44/h6-7,10-19,27,32-34H,3-5,8-9,20-24H2,1H3,(H,39,42)/t32-,33-,34?/m0/s1. The molecular weight excluding hydrogens is 548 g/mol. The summed E-state index contributed by atoms with van der Waals surface area (Å²) in [7, 11) is 0. The SMILES string of the molecule is [C-]#[N+]c1ccc(C(C(=O)NCCc2ccc(C)cc2)N2C(=O)[C@@H]3Cc4ccccc4CN3C(=O)[C@@H]2CC2CCCCC2)cc1. The van der Waals surface area contributed by atoms with Crippen LogP contribution in [0.4, 0.5) is 5.69 Å². The van der Waals surface area contributed by atoms with Crippen LogP contribution in [0.15, 0.2) is 72.8 Å². The number of benzene rings is 3. The Morgan fingerprint density at radius 1 is 0.932 bits per heavy atom. The van der Waals surface area contributed by atoms with E-state index in [0.717, 1.165) is 42.4 Å². The lowest BCUT2D eigenvalue weighted by Gasteiger charge is -2.50. The van der Waals surface area contributed by atoms with Crippen molar-refractivity contribution in [2.45, 2.75) is 83.0 Å². The lowest BCUT2D eigenvalue weighted by molar-refractivity contribution is -0.169. The van der Waals surface area contributed by atoms with Gasteiger partial charge in [0.2, 0.25) is 17.7 Å². The van der Waals surface area contributed by atoms with Gasteiger partial charge >= 0.3 is 0 Å². The van der Waals surface area contributed by atoms with Crippen LogP contribution in [0.2, 0.25) is 0 Å². The fourth-order valence-electron chi connectivity index (χ4n) is 7.22. The normalized spacial score (nSPS) is 20.8. The van der Waals surface area contributed by atoms with Gasteiger partial charge < -0.3 is 15.1 Å². The molecule has 3 atom stereocenters. The molecule has 6 rings (SSSR count). The average Bonchev–Trinajstić information content (AvgIpc) is 3.06. The summed E-state index contributed by atoms with van der Waals surface area (Å²) in [4.78, 5) is 50.2. The fourth-order valence-corrected chi connectivity index (χ4v) is 7.22. The first-order chi connectivity index (χ1) is 21.4. The molecule has 7 heteroatoms. The van der Waals surface area contributed by atoms with Crippen LogP contribution in [-0.2, 0) is 33.8 Å². The van der Waals surface area contributed by atoms with Crippen LogP contribution in [-0.4, -0.2) is 46.1 Å². The Balaban J connectivity index is 1.35.